The Kier molecular flexibility index (Phi) is 5.33. The van der Waals surface area contributed by atoms with Crippen molar-refractivity contribution < 1.29 is 8.91 Å². The van der Waals surface area contributed by atoms with Gasteiger partial charge in [-0.15, -0.1) is 10.2 Å². The number of anilines is 2. The molecular formula is C17H11ClFN5OS2. The first-order valence-electron chi connectivity index (χ1n) is 7.74. The Hall–Kier alpha value is -2.49. The van der Waals surface area contributed by atoms with Crippen LogP contribution in [0.1, 0.15) is 5.89 Å². The van der Waals surface area contributed by atoms with Crippen LogP contribution in [0.25, 0.3) is 11.4 Å². The molecule has 0 aliphatic rings. The molecule has 0 unspecified atom stereocenters. The number of halogens is 2. The van der Waals surface area contributed by atoms with E-state index in [4.69, 9.17) is 16.1 Å². The third-order valence-corrected chi connectivity index (χ3v) is 5.69. The molecule has 27 heavy (non-hydrogen) atoms. The molecule has 0 bridgehead atoms. The van der Waals surface area contributed by atoms with Gasteiger partial charge >= 0.3 is 0 Å². The Bertz CT molecular complexity index is 1050. The summed E-state index contributed by atoms with van der Waals surface area (Å²) in [6.07, 6.45) is 0. The molecule has 6 nitrogen and oxygen atoms in total. The number of nitrogens with zero attached hydrogens (tertiary/aromatic N) is 4. The van der Waals surface area contributed by atoms with Crippen LogP contribution in [0.3, 0.4) is 0 Å². The SMILES string of the molecule is Fc1ccc(Nc2nnc(SCc3nc(-c4ccccc4Cl)no3)s2)cc1. The number of aromatic nitrogens is 4. The standard InChI is InChI=1S/C17H11ClFN5OS2/c18-13-4-2-1-3-12(13)15-21-14(25-24-15)9-26-17-23-22-16(27-17)20-11-7-5-10(19)6-8-11/h1-8H,9H2,(H,20,22). The number of hydrogen-bond donors (Lipinski definition) is 1. The van der Waals surface area contributed by atoms with Crippen molar-refractivity contribution in [2.45, 2.75) is 10.1 Å². The summed E-state index contributed by atoms with van der Waals surface area (Å²) in [6.45, 7) is 0. The zero-order valence-electron chi connectivity index (χ0n) is 13.6. The Morgan fingerprint density at radius 2 is 1.93 bits per heavy atom. The summed E-state index contributed by atoms with van der Waals surface area (Å²) < 4.78 is 19.0. The Labute approximate surface area is 166 Å². The molecule has 1 N–H and O–H groups in total. The van der Waals surface area contributed by atoms with E-state index < -0.39 is 0 Å². The Morgan fingerprint density at radius 1 is 1.11 bits per heavy atom. The van der Waals surface area contributed by atoms with Crippen molar-refractivity contribution in [3.63, 3.8) is 0 Å². The maximum absolute atomic E-state index is 12.9. The first-order valence-corrected chi connectivity index (χ1v) is 9.92. The number of benzene rings is 2. The molecule has 0 atom stereocenters. The van der Waals surface area contributed by atoms with Crippen LogP contribution in [0.2, 0.25) is 5.02 Å². The van der Waals surface area contributed by atoms with Gasteiger partial charge in [0.05, 0.1) is 10.8 Å². The van der Waals surface area contributed by atoms with Crippen LogP contribution in [-0.4, -0.2) is 20.3 Å². The molecule has 2 aromatic carbocycles. The topological polar surface area (TPSA) is 76.7 Å². The first kappa shape index (κ1) is 17.9. The van der Waals surface area contributed by atoms with E-state index in [1.54, 1.807) is 18.2 Å². The van der Waals surface area contributed by atoms with Crippen molar-refractivity contribution in [3.05, 3.63) is 65.3 Å². The number of rotatable bonds is 6. The minimum absolute atomic E-state index is 0.287. The smallest absolute Gasteiger partial charge is 0.237 e. The molecule has 0 fully saturated rings. The molecule has 10 heteroatoms. The lowest BCUT2D eigenvalue weighted by Crippen LogP contribution is -1.89. The lowest BCUT2D eigenvalue weighted by atomic mass is 10.2. The van der Waals surface area contributed by atoms with E-state index in [0.29, 0.717) is 27.6 Å². The fourth-order valence-corrected chi connectivity index (χ4v) is 3.99. The fourth-order valence-electron chi connectivity index (χ4n) is 2.16. The van der Waals surface area contributed by atoms with Crippen LogP contribution in [-0.2, 0) is 5.75 Å². The monoisotopic (exact) mass is 419 g/mol. The van der Waals surface area contributed by atoms with Crippen LogP contribution in [0.4, 0.5) is 15.2 Å². The summed E-state index contributed by atoms with van der Waals surface area (Å²) in [4.78, 5) is 4.36. The van der Waals surface area contributed by atoms with Crippen molar-refractivity contribution in [1.82, 2.24) is 20.3 Å². The van der Waals surface area contributed by atoms with Gasteiger partial charge < -0.3 is 9.84 Å². The van der Waals surface area contributed by atoms with E-state index in [2.05, 4.69) is 25.7 Å². The third-order valence-electron chi connectivity index (χ3n) is 3.40. The van der Waals surface area contributed by atoms with Crippen molar-refractivity contribution in [3.8, 4) is 11.4 Å². The summed E-state index contributed by atoms with van der Waals surface area (Å²) in [6, 6.07) is 13.4. The number of thioether (sulfide) groups is 1. The maximum atomic E-state index is 12.9. The Morgan fingerprint density at radius 3 is 2.74 bits per heavy atom. The van der Waals surface area contributed by atoms with E-state index in [0.717, 1.165) is 15.6 Å². The van der Waals surface area contributed by atoms with E-state index in [1.807, 2.05) is 18.2 Å². The molecule has 0 amide bonds. The highest BCUT2D eigenvalue weighted by molar-refractivity contribution is 8.00. The molecule has 4 aromatic rings. The van der Waals surface area contributed by atoms with Gasteiger partial charge in [-0.1, -0.05) is 52.0 Å². The summed E-state index contributed by atoms with van der Waals surface area (Å²) in [5.41, 5.74) is 1.46. The highest BCUT2D eigenvalue weighted by Gasteiger charge is 2.13. The third kappa shape index (κ3) is 4.44. The van der Waals surface area contributed by atoms with Gasteiger partial charge in [0.25, 0.3) is 0 Å². The molecule has 2 heterocycles. The molecule has 0 spiro atoms. The maximum Gasteiger partial charge on any atom is 0.237 e. The Balaban J connectivity index is 1.38. The summed E-state index contributed by atoms with van der Waals surface area (Å²) in [7, 11) is 0. The van der Waals surface area contributed by atoms with Crippen molar-refractivity contribution in [2.24, 2.45) is 0 Å². The van der Waals surface area contributed by atoms with Gasteiger partial charge in [0.15, 0.2) is 4.34 Å². The van der Waals surface area contributed by atoms with Gasteiger partial charge in [0.1, 0.15) is 5.82 Å². The molecule has 0 saturated carbocycles. The van der Waals surface area contributed by atoms with Gasteiger partial charge in [-0.2, -0.15) is 4.98 Å². The van der Waals surface area contributed by atoms with Crippen LogP contribution < -0.4 is 5.32 Å². The largest absolute Gasteiger partial charge is 0.338 e. The van der Waals surface area contributed by atoms with E-state index in [9.17, 15) is 4.39 Å². The molecule has 0 aliphatic heterocycles. The second-order valence-corrected chi connectivity index (χ2v) is 7.89. The number of hydrogen-bond acceptors (Lipinski definition) is 8. The van der Waals surface area contributed by atoms with Gasteiger partial charge in [0, 0.05) is 11.3 Å². The molecule has 136 valence electrons. The van der Waals surface area contributed by atoms with Gasteiger partial charge in [0.2, 0.25) is 16.8 Å². The zero-order chi connectivity index (χ0) is 18.6. The summed E-state index contributed by atoms with van der Waals surface area (Å²) in [5.74, 6) is 1.10. The second-order valence-electron chi connectivity index (χ2n) is 5.29. The molecule has 0 saturated heterocycles. The lowest BCUT2D eigenvalue weighted by Gasteiger charge is -2.00. The molecular weight excluding hydrogens is 409 g/mol. The zero-order valence-corrected chi connectivity index (χ0v) is 16.0. The minimum atomic E-state index is -0.287. The van der Waals surface area contributed by atoms with E-state index >= 15 is 0 Å². The number of nitrogens with one attached hydrogen (secondary N) is 1. The van der Waals surface area contributed by atoms with Crippen LogP contribution in [0.5, 0.6) is 0 Å². The van der Waals surface area contributed by atoms with Crippen LogP contribution in [0.15, 0.2) is 57.4 Å². The molecule has 2 aromatic heterocycles. The normalized spacial score (nSPS) is 10.9. The minimum Gasteiger partial charge on any atom is -0.338 e. The molecule has 0 aliphatic carbocycles. The highest BCUT2D eigenvalue weighted by atomic mass is 35.5. The van der Waals surface area contributed by atoms with Crippen molar-refractivity contribution >= 4 is 45.5 Å². The average Bonchev–Trinajstić information content (AvgIpc) is 3.32. The average molecular weight is 420 g/mol. The van der Waals surface area contributed by atoms with Crippen LogP contribution in [0, 0.1) is 5.82 Å². The predicted molar refractivity (Wildman–Crippen MR) is 104 cm³/mol. The van der Waals surface area contributed by atoms with Gasteiger partial charge in [-0.05, 0) is 36.4 Å². The summed E-state index contributed by atoms with van der Waals surface area (Å²) in [5, 5.41) is 16.4. The van der Waals surface area contributed by atoms with E-state index in [-0.39, 0.29) is 5.82 Å². The van der Waals surface area contributed by atoms with Crippen LogP contribution >= 0.6 is 34.7 Å². The highest BCUT2D eigenvalue weighted by Crippen LogP contribution is 2.31. The lowest BCUT2D eigenvalue weighted by molar-refractivity contribution is 0.391. The molecule has 0 radical (unpaired) electrons. The first-order chi connectivity index (χ1) is 13.2. The van der Waals surface area contributed by atoms with Crippen molar-refractivity contribution in [1.29, 1.82) is 0 Å². The predicted octanol–water partition coefficient (Wildman–Crippen LogP) is 5.42. The fraction of sp³-hybridized carbons (Fsp3) is 0.0588. The quantitative estimate of drug-likeness (QED) is 0.418. The summed E-state index contributed by atoms with van der Waals surface area (Å²) >= 11 is 8.97. The molecule has 4 rings (SSSR count). The van der Waals surface area contributed by atoms with Gasteiger partial charge in [-0.3, -0.25) is 0 Å². The van der Waals surface area contributed by atoms with Crippen molar-refractivity contribution in [2.75, 3.05) is 5.32 Å². The van der Waals surface area contributed by atoms with E-state index in [1.165, 1.54) is 35.2 Å². The second kappa shape index (κ2) is 8.03. The van der Waals surface area contributed by atoms with Gasteiger partial charge in [-0.25, -0.2) is 4.39 Å².